The first-order valence-corrected chi connectivity index (χ1v) is 13.3. The summed E-state index contributed by atoms with van der Waals surface area (Å²) in [5.74, 6) is 1.41. The van der Waals surface area contributed by atoms with Gasteiger partial charge in [-0.05, 0) is 54.4 Å². The van der Waals surface area contributed by atoms with Crippen molar-refractivity contribution in [3.8, 4) is 11.5 Å². The van der Waals surface area contributed by atoms with E-state index in [4.69, 9.17) is 14.5 Å². The van der Waals surface area contributed by atoms with Gasteiger partial charge in [0.05, 0.1) is 29.2 Å². The molecular formula is C27H24Br2N4O5. The minimum atomic E-state index is -0.451. The van der Waals surface area contributed by atoms with Gasteiger partial charge in [0.1, 0.15) is 12.4 Å². The van der Waals surface area contributed by atoms with Gasteiger partial charge >= 0.3 is 0 Å². The predicted octanol–water partition coefficient (Wildman–Crippen LogP) is 6.81. The number of halogens is 2. The molecule has 0 bridgehead atoms. The number of aromatic nitrogens is 2. The lowest BCUT2D eigenvalue weighted by molar-refractivity contribution is -0.384. The molecule has 0 aliphatic heterocycles. The van der Waals surface area contributed by atoms with Crippen molar-refractivity contribution >= 4 is 54.7 Å². The first kappa shape index (κ1) is 27.5. The lowest BCUT2D eigenvalue weighted by atomic mass is 10.1. The van der Waals surface area contributed by atoms with Gasteiger partial charge in [0, 0.05) is 32.6 Å². The standard InChI is InChI=1S/C27H24Br2N4O5/c1-4-16(2)26-31-23-10-7-19(28)12-22(23)27(34)32(26)30-14-18-11-20(29)13-24(37-3)25(18)38-15-17-5-8-21(9-6-17)33(35)36/h5-14,16H,4,15H2,1-3H3/t16-/m1/s1. The fourth-order valence-corrected chi connectivity index (χ4v) is 4.57. The van der Waals surface area contributed by atoms with Crippen molar-refractivity contribution in [1.82, 2.24) is 9.66 Å². The Balaban J connectivity index is 1.76. The number of benzene rings is 3. The van der Waals surface area contributed by atoms with Crippen LogP contribution in [0.15, 0.2) is 73.4 Å². The molecule has 9 nitrogen and oxygen atoms in total. The van der Waals surface area contributed by atoms with Gasteiger partial charge in [0.25, 0.3) is 11.2 Å². The Morgan fingerprint density at radius 1 is 1.13 bits per heavy atom. The number of ether oxygens (including phenoxy) is 2. The van der Waals surface area contributed by atoms with Crippen LogP contribution < -0.4 is 15.0 Å². The van der Waals surface area contributed by atoms with Gasteiger partial charge in [-0.15, -0.1) is 0 Å². The average Bonchev–Trinajstić information content (AvgIpc) is 2.91. The monoisotopic (exact) mass is 642 g/mol. The van der Waals surface area contributed by atoms with E-state index in [0.29, 0.717) is 33.8 Å². The Morgan fingerprint density at radius 2 is 1.87 bits per heavy atom. The summed E-state index contributed by atoms with van der Waals surface area (Å²) in [6.07, 6.45) is 2.32. The van der Waals surface area contributed by atoms with E-state index in [1.807, 2.05) is 26.0 Å². The summed E-state index contributed by atoms with van der Waals surface area (Å²) in [6, 6.07) is 15.1. The third kappa shape index (κ3) is 5.94. The van der Waals surface area contributed by atoms with Crippen molar-refractivity contribution in [1.29, 1.82) is 0 Å². The van der Waals surface area contributed by atoms with Crippen molar-refractivity contribution in [2.24, 2.45) is 5.10 Å². The molecule has 0 spiro atoms. The van der Waals surface area contributed by atoms with Gasteiger partial charge in [0.2, 0.25) is 0 Å². The second-order valence-corrected chi connectivity index (χ2v) is 10.4. The molecule has 0 N–H and O–H groups in total. The van der Waals surface area contributed by atoms with Crippen molar-refractivity contribution in [2.75, 3.05) is 7.11 Å². The molecule has 0 aliphatic rings. The molecule has 4 aromatic rings. The molecule has 1 aromatic heterocycles. The topological polar surface area (TPSA) is 109 Å². The number of non-ortho nitro benzene ring substituents is 1. The Morgan fingerprint density at radius 3 is 2.53 bits per heavy atom. The van der Waals surface area contributed by atoms with Crippen molar-refractivity contribution in [3.63, 3.8) is 0 Å². The van der Waals surface area contributed by atoms with Gasteiger partial charge in [-0.25, -0.2) is 4.98 Å². The van der Waals surface area contributed by atoms with E-state index in [0.717, 1.165) is 20.9 Å². The highest BCUT2D eigenvalue weighted by atomic mass is 79.9. The van der Waals surface area contributed by atoms with Gasteiger partial charge in [-0.3, -0.25) is 14.9 Å². The van der Waals surface area contributed by atoms with Crippen molar-refractivity contribution < 1.29 is 14.4 Å². The second kappa shape index (κ2) is 11.9. The summed E-state index contributed by atoms with van der Waals surface area (Å²) in [4.78, 5) is 28.7. The summed E-state index contributed by atoms with van der Waals surface area (Å²) in [5.41, 5.74) is 1.63. The SMILES string of the molecule is CC[C@@H](C)c1nc2ccc(Br)cc2c(=O)n1N=Cc1cc(Br)cc(OC)c1OCc1ccc([N+](=O)[O-])cc1. The van der Waals surface area contributed by atoms with Crippen LogP contribution in [0.3, 0.4) is 0 Å². The van der Waals surface area contributed by atoms with Crippen LogP contribution in [0, 0.1) is 10.1 Å². The molecule has 1 atom stereocenters. The highest BCUT2D eigenvalue weighted by Gasteiger charge is 2.17. The average molecular weight is 644 g/mol. The van der Waals surface area contributed by atoms with E-state index >= 15 is 0 Å². The predicted molar refractivity (Wildman–Crippen MR) is 154 cm³/mol. The molecule has 196 valence electrons. The van der Waals surface area contributed by atoms with Gasteiger partial charge < -0.3 is 9.47 Å². The molecule has 0 saturated carbocycles. The fourth-order valence-electron chi connectivity index (χ4n) is 3.76. The number of rotatable bonds is 9. The molecule has 0 fully saturated rings. The first-order valence-electron chi connectivity index (χ1n) is 11.7. The maximum Gasteiger partial charge on any atom is 0.282 e. The third-order valence-electron chi connectivity index (χ3n) is 6.00. The molecule has 0 unspecified atom stereocenters. The minimum absolute atomic E-state index is 0.00127. The van der Waals surface area contributed by atoms with Gasteiger partial charge in [-0.2, -0.15) is 9.78 Å². The minimum Gasteiger partial charge on any atom is -0.493 e. The maximum absolute atomic E-state index is 13.5. The van der Waals surface area contributed by atoms with Crippen LogP contribution in [-0.2, 0) is 6.61 Å². The fraction of sp³-hybridized carbons (Fsp3) is 0.222. The van der Waals surface area contributed by atoms with Gasteiger partial charge in [-0.1, -0.05) is 45.7 Å². The van der Waals surface area contributed by atoms with E-state index in [1.54, 1.807) is 30.3 Å². The number of hydrogen-bond donors (Lipinski definition) is 0. The molecule has 4 rings (SSSR count). The van der Waals surface area contributed by atoms with Crippen LogP contribution in [0.25, 0.3) is 10.9 Å². The van der Waals surface area contributed by atoms with E-state index in [1.165, 1.54) is 30.1 Å². The number of hydrogen-bond acceptors (Lipinski definition) is 7. The number of nitro benzene ring substituents is 1. The van der Waals surface area contributed by atoms with E-state index in [-0.39, 0.29) is 23.8 Å². The second-order valence-electron chi connectivity index (χ2n) is 8.54. The van der Waals surface area contributed by atoms with Crippen molar-refractivity contribution in [3.05, 3.63) is 101 Å². The molecule has 38 heavy (non-hydrogen) atoms. The van der Waals surface area contributed by atoms with Crippen LogP contribution in [0.4, 0.5) is 5.69 Å². The van der Waals surface area contributed by atoms with Crippen LogP contribution in [-0.4, -0.2) is 27.9 Å². The largest absolute Gasteiger partial charge is 0.493 e. The summed E-state index contributed by atoms with van der Waals surface area (Å²) in [5, 5.41) is 16.0. The number of nitro groups is 1. The van der Waals surface area contributed by atoms with Crippen LogP contribution in [0.2, 0.25) is 0 Å². The zero-order valence-electron chi connectivity index (χ0n) is 20.9. The summed E-state index contributed by atoms with van der Waals surface area (Å²) < 4.78 is 14.5. The molecule has 11 heteroatoms. The van der Waals surface area contributed by atoms with E-state index < -0.39 is 4.92 Å². The molecule has 0 amide bonds. The molecular weight excluding hydrogens is 620 g/mol. The normalized spacial score (nSPS) is 12.1. The summed E-state index contributed by atoms with van der Waals surface area (Å²) >= 11 is 6.91. The highest BCUT2D eigenvalue weighted by Crippen LogP contribution is 2.35. The van der Waals surface area contributed by atoms with Crippen LogP contribution in [0.1, 0.15) is 43.1 Å². The molecule has 0 radical (unpaired) electrons. The number of nitrogens with zero attached hydrogens (tertiary/aromatic N) is 4. The van der Waals surface area contributed by atoms with Crippen molar-refractivity contribution in [2.45, 2.75) is 32.8 Å². The highest BCUT2D eigenvalue weighted by molar-refractivity contribution is 9.10. The molecule has 3 aromatic carbocycles. The quantitative estimate of drug-likeness (QED) is 0.113. The van der Waals surface area contributed by atoms with Crippen LogP contribution >= 0.6 is 31.9 Å². The first-order chi connectivity index (χ1) is 18.2. The maximum atomic E-state index is 13.5. The summed E-state index contributed by atoms with van der Waals surface area (Å²) in [7, 11) is 1.53. The molecule has 1 heterocycles. The van der Waals surface area contributed by atoms with E-state index in [9.17, 15) is 14.9 Å². The van der Waals surface area contributed by atoms with Crippen LogP contribution in [0.5, 0.6) is 11.5 Å². The zero-order valence-corrected chi connectivity index (χ0v) is 24.0. The lowest BCUT2D eigenvalue weighted by Gasteiger charge is -2.15. The van der Waals surface area contributed by atoms with E-state index in [2.05, 4.69) is 37.0 Å². The molecule has 0 saturated heterocycles. The third-order valence-corrected chi connectivity index (χ3v) is 6.95. The number of methoxy groups -OCH3 is 1. The lowest BCUT2D eigenvalue weighted by Crippen LogP contribution is -2.23. The van der Waals surface area contributed by atoms with Gasteiger partial charge in [0.15, 0.2) is 11.5 Å². The Hall–Kier alpha value is -3.57. The zero-order chi connectivity index (χ0) is 27.4. The number of fused-ring (bicyclic) bond motifs is 1. The molecule has 0 aliphatic carbocycles. The Kier molecular flexibility index (Phi) is 8.58. The Bertz CT molecular complexity index is 1590. The smallest absolute Gasteiger partial charge is 0.282 e. The summed E-state index contributed by atoms with van der Waals surface area (Å²) in [6.45, 7) is 4.17. The Labute approximate surface area is 235 Å².